The van der Waals surface area contributed by atoms with Gasteiger partial charge in [-0.1, -0.05) is 11.6 Å². The summed E-state index contributed by atoms with van der Waals surface area (Å²) in [7, 11) is 4.62. The zero-order valence-electron chi connectivity index (χ0n) is 14.3. The maximum Gasteiger partial charge on any atom is 0.277 e. The maximum absolute atomic E-state index is 12.5. The molecule has 25 heavy (non-hydrogen) atoms. The molecular weight excluding hydrogens is 348 g/mol. The molecule has 1 heterocycles. The third kappa shape index (κ3) is 4.28. The second-order valence-electron chi connectivity index (χ2n) is 5.22. The zero-order valence-corrected chi connectivity index (χ0v) is 15.1. The van der Waals surface area contributed by atoms with Gasteiger partial charge in [-0.3, -0.25) is 14.3 Å². The summed E-state index contributed by atoms with van der Waals surface area (Å²) in [5.74, 6) is -0.331. The fourth-order valence-electron chi connectivity index (χ4n) is 2.09. The van der Waals surface area contributed by atoms with Crippen LogP contribution in [0.4, 0.5) is 11.4 Å². The summed E-state index contributed by atoms with van der Waals surface area (Å²) in [6, 6.07) is 4.87. The SMILES string of the molecule is COCC(=O)Nc1ccc(OC)cc1NC(=O)c1nn(C)c(C)c1Cl. The van der Waals surface area contributed by atoms with Gasteiger partial charge in [0.25, 0.3) is 5.91 Å². The van der Waals surface area contributed by atoms with Crippen molar-refractivity contribution in [3.05, 3.63) is 34.6 Å². The summed E-state index contributed by atoms with van der Waals surface area (Å²) >= 11 is 6.14. The Bertz CT molecular complexity index is 804. The molecule has 0 saturated carbocycles. The Labute approximate surface area is 150 Å². The molecule has 134 valence electrons. The number of hydrogen-bond acceptors (Lipinski definition) is 5. The maximum atomic E-state index is 12.5. The van der Waals surface area contributed by atoms with E-state index in [9.17, 15) is 9.59 Å². The molecule has 0 atom stereocenters. The molecule has 2 amide bonds. The predicted octanol–water partition coefficient (Wildman–Crippen LogP) is 2.23. The van der Waals surface area contributed by atoms with Crippen molar-refractivity contribution in [1.29, 1.82) is 0 Å². The van der Waals surface area contributed by atoms with Crippen LogP contribution in [0, 0.1) is 6.92 Å². The highest BCUT2D eigenvalue weighted by molar-refractivity contribution is 6.34. The third-order valence-electron chi connectivity index (χ3n) is 3.50. The van der Waals surface area contributed by atoms with Gasteiger partial charge in [0.05, 0.1) is 29.2 Å². The van der Waals surface area contributed by atoms with Crippen LogP contribution in [0.1, 0.15) is 16.2 Å². The quantitative estimate of drug-likeness (QED) is 0.817. The van der Waals surface area contributed by atoms with Crippen molar-refractivity contribution in [2.75, 3.05) is 31.5 Å². The first-order valence-electron chi connectivity index (χ1n) is 7.34. The van der Waals surface area contributed by atoms with Crippen molar-refractivity contribution in [3.63, 3.8) is 0 Å². The minimum absolute atomic E-state index is 0.0960. The van der Waals surface area contributed by atoms with Gasteiger partial charge in [0.2, 0.25) is 5.91 Å². The molecule has 0 aliphatic carbocycles. The van der Waals surface area contributed by atoms with E-state index in [0.717, 1.165) is 0 Å². The van der Waals surface area contributed by atoms with Crippen LogP contribution in [0.25, 0.3) is 0 Å². The minimum Gasteiger partial charge on any atom is -0.497 e. The molecule has 0 aliphatic heterocycles. The summed E-state index contributed by atoms with van der Waals surface area (Å²) in [6.07, 6.45) is 0. The van der Waals surface area contributed by atoms with Crippen molar-refractivity contribution in [3.8, 4) is 5.75 Å². The average Bonchev–Trinajstić information content (AvgIpc) is 2.84. The fraction of sp³-hybridized carbons (Fsp3) is 0.312. The van der Waals surface area contributed by atoms with Gasteiger partial charge >= 0.3 is 0 Å². The van der Waals surface area contributed by atoms with E-state index in [4.69, 9.17) is 21.1 Å². The second kappa shape index (κ2) is 8.00. The molecule has 2 N–H and O–H groups in total. The number of halogens is 1. The standard InChI is InChI=1S/C16H19ClN4O4/c1-9-14(17)15(20-21(9)2)16(23)19-12-7-10(25-4)5-6-11(12)18-13(22)8-24-3/h5-7H,8H2,1-4H3,(H,18,22)(H,19,23). The number of nitrogens with zero attached hydrogens (tertiary/aromatic N) is 2. The minimum atomic E-state index is -0.496. The number of ether oxygens (including phenoxy) is 2. The molecule has 0 bridgehead atoms. The number of anilines is 2. The summed E-state index contributed by atoms with van der Waals surface area (Å²) in [5, 5.41) is 9.73. The molecule has 0 fully saturated rings. The molecule has 8 nitrogen and oxygen atoms in total. The van der Waals surface area contributed by atoms with E-state index >= 15 is 0 Å². The van der Waals surface area contributed by atoms with Crippen LogP contribution >= 0.6 is 11.6 Å². The van der Waals surface area contributed by atoms with Crippen molar-refractivity contribution in [2.24, 2.45) is 7.05 Å². The van der Waals surface area contributed by atoms with Crippen molar-refractivity contribution in [1.82, 2.24) is 9.78 Å². The molecule has 0 spiro atoms. The highest BCUT2D eigenvalue weighted by Crippen LogP contribution is 2.28. The largest absolute Gasteiger partial charge is 0.497 e. The number of aromatic nitrogens is 2. The van der Waals surface area contributed by atoms with Crippen LogP contribution in [0.15, 0.2) is 18.2 Å². The molecule has 0 aliphatic rings. The monoisotopic (exact) mass is 366 g/mol. The first kappa shape index (κ1) is 18.8. The van der Waals surface area contributed by atoms with E-state index in [1.54, 1.807) is 32.2 Å². The lowest BCUT2D eigenvalue weighted by Gasteiger charge is -2.13. The number of amides is 2. The van der Waals surface area contributed by atoms with Gasteiger partial charge in [-0.25, -0.2) is 0 Å². The third-order valence-corrected chi connectivity index (χ3v) is 3.95. The Morgan fingerprint density at radius 2 is 1.96 bits per heavy atom. The van der Waals surface area contributed by atoms with Gasteiger partial charge in [-0.2, -0.15) is 5.10 Å². The van der Waals surface area contributed by atoms with Crippen LogP contribution in [0.2, 0.25) is 5.02 Å². The number of carbonyl (C=O) groups is 2. The van der Waals surface area contributed by atoms with E-state index in [-0.39, 0.29) is 23.2 Å². The Morgan fingerprint density at radius 3 is 2.52 bits per heavy atom. The number of methoxy groups -OCH3 is 2. The van der Waals surface area contributed by atoms with Crippen LogP contribution in [-0.4, -0.2) is 42.4 Å². The smallest absolute Gasteiger partial charge is 0.277 e. The van der Waals surface area contributed by atoms with Crippen LogP contribution in [0.3, 0.4) is 0 Å². The van der Waals surface area contributed by atoms with Crippen LogP contribution in [0.5, 0.6) is 5.75 Å². The van der Waals surface area contributed by atoms with Crippen molar-refractivity contribution >= 4 is 34.8 Å². The lowest BCUT2D eigenvalue weighted by Crippen LogP contribution is -2.20. The molecule has 0 unspecified atom stereocenters. The molecule has 1 aromatic heterocycles. The Hall–Kier alpha value is -2.58. The van der Waals surface area contributed by atoms with E-state index in [2.05, 4.69) is 15.7 Å². The fourth-order valence-corrected chi connectivity index (χ4v) is 2.33. The molecule has 9 heteroatoms. The van der Waals surface area contributed by atoms with Crippen molar-refractivity contribution in [2.45, 2.75) is 6.92 Å². The van der Waals surface area contributed by atoms with E-state index in [1.165, 1.54) is 18.9 Å². The predicted molar refractivity (Wildman–Crippen MR) is 94.4 cm³/mol. The number of aryl methyl sites for hydroxylation is 1. The first-order chi connectivity index (χ1) is 11.9. The molecule has 0 radical (unpaired) electrons. The van der Waals surface area contributed by atoms with E-state index in [1.807, 2.05) is 0 Å². The zero-order chi connectivity index (χ0) is 18.6. The van der Waals surface area contributed by atoms with Crippen molar-refractivity contribution < 1.29 is 19.1 Å². The highest BCUT2D eigenvalue weighted by atomic mass is 35.5. The summed E-state index contributed by atoms with van der Waals surface area (Å²) in [5.41, 5.74) is 1.53. The van der Waals surface area contributed by atoms with Gasteiger partial charge in [0.15, 0.2) is 5.69 Å². The average molecular weight is 367 g/mol. The number of carbonyl (C=O) groups excluding carboxylic acids is 2. The summed E-state index contributed by atoms with van der Waals surface area (Å²) < 4.78 is 11.5. The van der Waals surface area contributed by atoms with E-state index < -0.39 is 5.91 Å². The molecule has 0 saturated heterocycles. The normalized spacial score (nSPS) is 10.4. The molecule has 1 aromatic carbocycles. The van der Waals surface area contributed by atoms with Crippen LogP contribution < -0.4 is 15.4 Å². The summed E-state index contributed by atoms with van der Waals surface area (Å²) in [6.45, 7) is 1.65. The topological polar surface area (TPSA) is 94.5 Å². The summed E-state index contributed by atoms with van der Waals surface area (Å²) in [4.78, 5) is 24.3. The molecule has 2 aromatic rings. The molecule has 2 rings (SSSR count). The first-order valence-corrected chi connectivity index (χ1v) is 7.72. The lowest BCUT2D eigenvalue weighted by atomic mass is 10.2. The molecular formula is C16H19ClN4O4. The van der Waals surface area contributed by atoms with Gasteiger partial charge in [0.1, 0.15) is 12.4 Å². The van der Waals surface area contributed by atoms with Gasteiger partial charge in [0, 0.05) is 20.2 Å². The van der Waals surface area contributed by atoms with Crippen LogP contribution in [-0.2, 0) is 16.6 Å². The second-order valence-corrected chi connectivity index (χ2v) is 5.60. The van der Waals surface area contributed by atoms with Gasteiger partial charge in [-0.05, 0) is 19.1 Å². The van der Waals surface area contributed by atoms with E-state index in [0.29, 0.717) is 22.8 Å². The highest BCUT2D eigenvalue weighted by Gasteiger charge is 2.20. The van der Waals surface area contributed by atoms with Gasteiger partial charge in [-0.15, -0.1) is 0 Å². The number of hydrogen-bond donors (Lipinski definition) is 2. The number of nitrogens with one attached hydrogen (secondary N) is 2. The Kier molecular flexibility index (Phi) is 6.00. The number of benzene rings is 1. The Morgan fingerprint density at radius 1 is 1.24 bits per heavy atom. The van der Waals surface area contributed by atoms with Gasteiger partial charge < -0.3 is 20.1 Å². The lowest BCUT2D eigenvalue weighted by molar-refractivity contribution is -0.119. The number of rotatable bonds is 6. The Balaban J connectivity index is 2.31.